The summed E-state index contributed by atoms with van der Waals surface area (Å²) in [5.41, 5.74) is 1.38. The van der Waals surface area contributed by atoms with Crippen LogP contribution in [0, 0.1) is 0 Å². The lowest BCUT2D eigenvalue weighted by atomic mass is 10.1. The fraction of sp³-hybridized carbons (Fsp3) is 0.350. The number of nitrogens with one attached hydrogen (secondary N) is 1. The number of carbonyl (C=O) groups is 1. The molecule has 0 radical (unpaired) electrons. The summed E-state index contributed by atoms with van der Waals surface area (Å²) in [6.45, 7) is 2.05. The number of carbonyl (C=O) groups excluding carboxylic acids is 1. The van der Waals surface area contributed by atoms with Gasteiger partial charge in [-0.05, 0) is 36.8 Å². The Morgan fingerprint density at radius 2 is 1.89 bits per heavy atom. The molecule has 2 aromatic carbocycles. The average molecular weight is 404 g/mol. The van der Waals surface area contributed by atoms with Gasteiger partial charge in [0.05, 0.1) is 25.1 Å². The van der Waals surface area contributed by atoms with Crippen molar-refractivity contribution < 1.29 is 22.7 Å². The zero-order valence-electron chi connectivity index (χ0n) is 16.1. The van der Waals surface area contributed by atoms with Gasteiger partial charge in [0.2, 0.25) is 10.0 Å². The minimum absolute atomic E-state index is 0.171. The van der Waals surface area contributed by atoms with Crippen LogP contribution in [0.3, 0.4) is 0 Å². The fourth-order valence-corrected chi connectivity index (χ4v) is 4.09. The standard InChI is InChI=1S/C20H24N2O5S/c1-14(15-8-10-16(26-2)11-9-15)21-20(23)19-12-13-22(28(3,24)25)17-6-4-5-7-18(17)27-19/h4-11,14,19H,12-13H2,1-3H3,(H,21,23)/t14-,19-/m0/s1. The van der Waals surface area contributed by atoms with Crippen LogP contribution >= 0.6 is 0 Å². The second kappa shape index (κ2) is 8.10. The summed E-state index contributed by atoms with van der Waals surface area (Å²) in [7, 11) is -1.88. The van der Waals surface area contributed by atoms with Crippen molar-refractivity contribution in [2.24, 2.45) is 0 Å². The van der Waals surface area contributed by atoms with Crippen molar-refractivity contribution in [1.82, 2.24) is 5.32 Å². The van der Waals surface area contributed by atoms with Crippen LogP contribution in [0.15, 0.2) is 48.5 Å². The highest BCUT2D eigenvalue weighted by Crippen LogP contribution is 2.34. The number of hydrogen-bond acceptors (Lipinski definition) is 5. The van der Waals surface area contributed by atoms with Crippen LogP contribution in [0.5, 0.6) is 11.5 Å². The molecule has 1 N–H and O–H groups in total. The molecule has 2 aromatic rings. The number of sulfonamides is 1. The Morgan fingerprint density at radius 3 is 2.54 bits per heavy atom. The van der Waals surface area contributed by atoms with Gasteiger partial charge in [-0.15, -0.1) is 0 Å². The van der Waals surface area contributed by atoms with E-state index in [9.17, 15) is 13.2 Å². The number of methoxy groups -OCH3 is 1. The topological polar surface area (TPSA) is 84.9 Å². The molecule has 0 aromatic heterocycles. The number of fused-ring (bicyclic) bond motifs is 1. The minimum atomic E-state index is -3.47. The molecule has 3 rings (SSSR count). The van der Waals surface area contributed by atoms with Gasteiger partial charge in [-0.2, -0.15) is 0 Å². The van der Waals surface area contributed by atoms with E-state index in [2.05, 4.69) is 5.32 Å². The lowest BCUT2D eigenvalue weighted by Crippen LogP contribution is -2.40. The van der Waals surface area contributed by atoms with E-state index in [0.717, 1.165) is 17.6 Å². The van der Waals surface area contributed by atoms with E-state index in [-0.39, 0.29) is 24.9 Å². The number of para-hydroxylation sites is 2. The van der Waals surface area contributed by atoms with Gasteiger partial charge in [-0.25, -0.2) is 8.42 Å². The number of anilines is 1. The van der Waals surface area contributed by atoms with Crippen molar-refractivity contribution in [2.45, 2.75) is 25.5 Å². The Kier molecular flexibility index (Phi) is 5.79. The monoisotopic (exact) mass is 404 g/mol. The first kappa shape index (κ1) is 20.0. The number of benzene rings is 2. The maximum atomic E-state index is 12.8. The van der Waals surface area contributed by atoms with E-state index in [0.29, 0.717) is 11.4 Å². The zero-order valence-corrected chi connectivity index (χ0v) is 16.9. The number of amides is 1. The summed E-state index contributed by atoms with van der Waals surface area (Å²) >= 11 is 0. The van der Waals surface area contributed by atoms with Crippen molar-refractivity contribution in [3.05, 3.63) is 54.1 Å². The van der Waals surface area contributed by atoms with Gasteiger partial charge in [0.15, 0.2) is 6.10 Å². The van der Waals surface area contributed by atoms with Crippen molar-refractivity contribution in [2.75, 3.05) is 24.2 Å². The lowest BCUT2D eigenvalue weighted by Gasteiger charge is -2.20. The third kappa shape index (κ3) is 4.39. The summed E-state index contributed by atoms with van der Waals surface area (Å²) in [5.74, 6) is 0.836. The lowest BCUT2D eigenvalue weighted by molar-refractivity contribution is -0.128. The smallest absolute Gasteiger partial charge is 0.261 e. The Hall–Kier alpha value is -2.74. The maximum absolute atomic E-state index is 12.8. The molecule has 1 heterocycles. The molecule has 1 aliphatic rings. The van der Waals surface area contributed by atoms with Crippen LogP contribution in [0.2, 0.25) is 0 Å². The molecule has 28 heavy (non-hydrogen) atoms. The van der Waals surface area contributed by atoms with Crippen LogP contribution < -0.4 is 19.1 Å². The maximum Gasteiger partial charge on any atom is 0.261 e. The van der Waals surface area contributed by atoms with Gasteiger partial charge in [0, 0.05) is 13.0 Å². The van der Waals surface area contributed by atoms with Crippen LogP contribution in [0.4, 0.5) is 5.69 Å². The van der Waals surface area contributed by atoms with E-state index in [1.807, 2.05) is 31.2 Å². The van der Waals surface area contributed by atoms with E-state index in [1.54, 1.807) is 31.4 Å². The quantitative estimate of drug-likeness (QED) is 0.828. The number of hydrogen-bond donors (Lipinski definition) is 1. The highest BCUT2D eigenvalue weighted by atomic mass is 32.2. The van der Waals surface area contributed by atoms with E-state index in [4.69, 9.17) is 9.47 Å². The van der Waals surface area contributed by atoms with E-state index < -0.39 is 16.1 Å². The second-order valence-electron chi connectivity index (χ2n) is 6.70. The number of nitrogens with zero attached hydrogens (tertiary/aromatic N) is 1. The highest BCUT2D eigenvalue weighted by molar-refractivity contribution is 7.92. The van der Waals surface area contributed by atoms with Crippen LogP contribution in [0.1, 0.15) is 24.9 Å². The SMILES string of the molecule is COc1ccc([C@H](C)NC(=O)[C@@H]2CCN(S(C)(=O)=O)c3ccccc3O2)cc1. The molecule has 8 heteroatoms. The molecule has 0 spiro atoms. The Balaban J connectivity index is 1.76. The molecule has 0 unspecified atom stereocenters. The van der Waals surface area contributed by atoms with Gasteiger partial charge in [0.1, 0.15) is 11.5 Å². The van der Waals surface area contributed by atoms with Gasteiger partial charge in [-0.1, -0.05) is 24.3 Å². The van der Waals surface area contributed by atoms with Crippen molar-refractivity contribution in [1.29, 1.82) is 0 Å². The third-order valence-corrected chi connectivity index (χ3v) is 5.84. The first-order chi connectivity index (χ1) is 13.3. The van der Waals surface area contributed by atoms with E-state index >= 15 is 0 Å². The summed E-state index contributed by atoms with van der Waals surface area (Å²) in [6, 6.07) is 14.1. The molecule has 150 valence electrons. The van der Waals surface area contributed by atoms with Crippen molar-refractivity contribution in [3.8, 4) is 11.5 Å². The number of ether oxygens (including phenoxy) is 2. The first-order valence-electron chi connectivity index (χ1n) is 8.97. The molecule has 2 atom stereocenters. The summed E-state index contributed by atoms with van der Waals surface area (Å²) in [6.07, 6.45) is 0.618. The first-order valence-corrected chi connectivity index (χ1v) is 10.8. The van der Waals surface area contributed by atoms with Crippen molar-refractivity contribution >= 4 is 21.6 Å². The molecule has 0 saturated heterocycles. The molecule has 7 nitrogen and oxygen atoms in total. The minimum Gasteiger partial charge on any atom is -0.497 e. The normalized spacial score (nSPS) is 17.7. The molecular weight excluding hydrogens is 380 g/mol. The van der Waals surface area contributed by atoms with Gasteiger partial charge >= 0.3 is 0 Å². The third-order valence-electron chi connectivity index (χ3n) is 4.66. The Morgan fingerprint density at radius 1 is 1.21 bits per heavy atom. The van der Waals surface area contributed by atoms with Crippen LogP contribution in [-0.2, 0) is 14.8 Å². The summed E-state index contributed by atoms with van der Waals surface area (Å²) in [5, 5.41) is 2.94. The molecule has 1 amide bonds. The molecular formula is C20H24N2O5S. The largest absolute Gasteiger partial charge is 0.497 e. The summed E-state index contributed by atoms with van der Waals surface area (Å²) in [4.78, 5) is 12.8. The van der Waals surface area contributed by atoms with Gasteiger partial charge < -0.3 is 14.8 Å². The molecule has 1 aliphatic heterocycles. The Labute approximate surface area is 165 Å². The predicted molar refractivity (Wildman–Crippen MR) is 107 cm³/mol. The predicted octanol–water partition coefficient (Wildman–Crippen LogP) is 2.49. The molecule has 0 aliphatic carbocycles. The average Bonchev–Trinajstić information content (AvgIpc) is 2.87. The molecule has 0 bridgehead atoms. The molecule has 0 saturated carbocycles. The van der Waals surface area contributed by atoms with Gasteiger partial charge in [0.25, 0.3) is 5.91 Å². The summed E-state index contributed by atoms with van der Waals surface area (Å²) < 4.78 is 36.6. The fourth-order valence-electron chi connectivity index (χ4n) is 3.14. The second-order valence-corrected chi connectivity index (χ2v) is 8.61. The highest BCUT2D eigenvalue weighted by Gasteiger charge is 2.31. The zero-order chi connectivity index (χ0) is 20.3. The molecule has 0 fully saturated rings. The number of rotatable bonds is 5. The van der Waals surface area contributed by atoms with Crippen LogP contribution in [0.25, 0.3) is 0 Å². The van der Waals surface area contributed by atoms with Crippen molar-refractivity contribution in [3.63, 3.8) is 0 Å². The van der Waals surface area contributed by atoms with Crippen LogP contribution in [-0.4, -0.2) is 40.3 Å². The van der Waals surface area contributed by atoms with E-state index in [1.165, 1.54) is 4.31 Å². The Bertz CT molecular complexity index is 943. The van der Waals surface area contributed by atoms with Gasteiger partial charge in [-0.3, -0.25) is 9.10 Å².